The fourth-order valence-corrected chi connectivity index (χ4v) is 2.98. The highest BCUT2D eigenvalue weighted by Gasteiger charge is 2.34. The van der Waals surface area contributed by atoms with Gasteiger partial charge in [0.05, 0.1) is 29.1 Å². The maximum Gasteiger partial charge on any atom is 0.435 e. The molecule has 0 aliphatic rings. The highest BCUT2D eigenvalue weighted by Crippen LogP contribution is 2.28. The molecule has 0 aliphatic carbocycles. The number of aromatic nitrogens is 5. The SMILES string of the molecule is Cc1cc(C(F)(F)F)nn1CC(C)C(=O)Nc1ncn(Cc2ccc(Cl)c(Cl)c2)n1. The molecule has 1 unspecified atom stereocenters. The third-order valence-electron chi connectivity index (χ3n) is 4.27. The Hall–Kier alpha value is -2.59. The Balaban J connectivity index is 1.61. The lowest BCUT2D eigenvalue weighted by molar-refractivity contribution is -0.141. The van der Waals surface area contributed by atoms with Gasteiger partial charge in [-0.25, -0.2) is 9.67 Å². The van der Waals surface area contributed by atoms with E-state index in [1.807, 2.05) is 0 Å². The highest BCUT2D eigenvalue weighted by molar-refractivity contribution is 6.42. The van der Waals surface area contributed by atoms with Crippen LogP contribution in [0.4, 0.5) is 19.1 Å². The number of nitrogens with one attached hydrogen (secondary N) is 1. The number of carbonyl (C=O) groups excluding carboxylic acids is 1. The molecule has 0 radical (unpaired) electrons. The minimum absolute atomic E-state index is 0.0161. The minimum Gasteiger partial charge on any atom is -0.293 e. The smallest absolute Gasteiger partial charge is 0.293 e. The molecular formula is C18H17Cl2F3N6O. The average Bonchev–Trinajstić information content (AvgIpc) is 3.24. The summed E-state index contributed by atoms with van der Waals surface area (Å²) in [6.07, 6.45) is -3.09. The van der Waals surface area contributed by atoms with Crippen LogP contribution in [0, 0.1) is 12.8 Å². The van der Waals surface area contributed by atoms with Gasteiger partial charge in [0.25, 0.3) is 0 Å². The van der Waals surface area contributed by atoms with E-state index in [1.54, 1.807) is 25.1 Å². The molecule has 0 spiro atoms. The molecule has 0 bridgehead atoms. The van der Waals surface area contributed by atoms with Crippen molar-refractivity contribution >= 4 is 35.1 Å². The van der Waals surface area contributed by atoms with E-state index in [4.69, 9.17) is 23.2 Å². The predicted octanol–water partition coefficient (Wildman–Crippen LogP) is 4.43. The van der Waals surface area contributed by atoms with Gasteiger partial charge in [0.2, 0.25) is 11.9 Å². The Morgan fingerprint density at radius 1 is 1.20 bits per heavy atom. The monoisotopic (exact) mass is 460 g/mol. The molecule has 2 aromatic heterocycles. The van der Waals surface area contributed by atoms with Crippen LogP contribution >= 0.6 is 23.2 Å². The molecule has 1 aromatic carbocycles. The number of halogens is 5. The minimum atomic E-state index is -4.54. The van der Waals surface area contributed by atoms with Crippen molar-refractivity contribution in [1.82, 2.24) is 24.5 Å². The van der Waals surface area contributed by atoms with Gasteiger partial charge in [0.1, 0.15) is 6.33 Å². The van der Waals surface area contributed by atoms with Crippen LogP contribution in [0.15, 0.2) is 30.6 Å². The topological polar surface area (TPSA) is 77.6 Å². The molecule has 0 saturated carbocycles. The van der Waals surface area contributed by atoms with Gasteiger partial charge in [-0.1, -0.05) is 36.2 Å². The molecule has 0 aliphatic heterocycles. The lowest BCUT2D eigenvalue weighted by Gasteiger charge is -2.12. The van der Waals surface area contributed by atoms with Crippen LogP contribution in [0.25, 0.3) is 0 Å². The third-order valence-corrected chi connectivity index (χ3v) is 5.01. The first-order chi connectivity index (χ1) is 14.0. The number of amides is 1. The summed E-state index contributed by atoms with van der Waals surface area (Å²) in [4.78, 5) is 16.4. The van der Waals surface area contributed by atoms with Crippen LogP contribution in [0.2, 0.25) is 10.0 Å². The maximum absolute atomic E-state index is 12.8. The van der Waals surface area contributed by atoms with E-state index in [0.717, 1.165) is 16.3 Å². The van der Waals surface area contributed by atoms with Crippen molar-refractivity contribution in [3.63, 3.8) is 0 Å². The first-order valence-corrected chi connectivity index (χ1v) is 9.54. The summed E-state index contributed by atoms with van der Waals surface area (Å²) in [6, 6.07) is 6.10. The Morgan fingerprint density at radius 3 is 2.57 bits per heavy atom. The number of anilines is 1. The first-order valence-electron chi connectivity index (χ1n) is 8.79. The number of benzene rings is 1. The average molecular weight is 461 g/mol. The molecule has 3 aromatic rings. The van der Waals surface area contributed by atoms with E-state index in [0.29, 0.717) is 22.3 Å². The quantitative estimate of drug-likeness (QED) is 0.589. The van der Waals surface area contributed by atoms with Crippen molar-refractivity contribution in [3.05, 3.63) is 57.6 Å². The fourth-order valence-electron chi connectivity index (χ4n) is 2.66. The second-order valence-electron chi connectivity index (χ2n) is 6.76. The zero-order chi connectivity index (χ0) is 22.1. The molecule has 2 heterocycles. The van der Waals surface area contributed by atoms with Gasteiger partial charge in [-0.2, -0.15) is 18.3 Å². The number of carbonyl (C=O) groups is 1. The van der Waals surface area contributed by atoms with Crippen LogP contribution < -0.4 is 5.32 Å². The largest absolute Gasteiger partial charge is 0.435 e. The maximum atomic E-state index is 12.8. The van der Waals surface area contributed by atoms with Crippen molar-refractivity contribution < 1.29 is 18.0 Å². The molecule has 1 amide bonds. The molecular weight excluding hydrogens is 444 g/mol. The molecule has 0 fully saturated rings. The summed E-state index contributed by atoms with van der Waals surface area (Å²) in [5.74, 6) is -1.02. The van der Waals surface area contributed by atoms with Gasteiger partial charge in [-0.15, -0.1) is 5.10 Å². The molecule has 12 heteroatoms. The highest BCUT2D eigenvalue weighted by atomic mass is 35.5. The molecule has 1 N–H and O–H groups in total. The summed E-state index contributed by atoms with van der Waals surface area (Å²) >= 11 is 11.9. The lowest BCUT2D eigenvalue weighted by Crippen LogP contribution is -2.26. The van der Waals surface area contributed by atoms with E-state index < -0.39 is 23.7 Å². The van der Waals surface area contributed by atoms with E-state index >= 15 is 0 Å². The summed E-state index contributed by atoms with van der Waals surface area (Å²) in [5, 5.41) is 11.1. The van der Waals surface area contributed by atoms with Gasteiger partial charge in [-0.05, 0) is 30.7 Å². The van der Waals surface area contributed by atoms with E-state index in [9.17, 15) is 18.0 Å². The Morgan fingerprint density at radius 2 is 1.93 bits per heavy atom. The van der Waals surface area contributed by atoms with E-state index in [-0.39, 0.29) is 12.5 Å². The number of hydrogen-bond acceptors (Lipinski definition) is 4. The number of rotatable bonds is 6. The predicted molar refractivity (Wildman–Crippen MR) is 105 cm³/mol. The number of aryl methyl sites for hydroxylation is 1. The zero-order valence-corrected chi connectivity index (χ0v) is 17.4. The molecule has 1 atom stereocenters. The van der Waals surface area contributed by atoms with Gasteiger partial charge in [0.15, 0.2) is 5.69 Å². The molecule has 3 rings (SSSR count). The normalized spacial score (nSPS) is 12.8. The number of nitrogens with zero attached hydrogens (tertiary/aromatic N) is 5. The van der Waals surface area contributed by atoms with Crippen LogP contribution in [0.3, 0.4) is 0 Å². The standard InChI is InChI=1S/C18H17Cl2F3N6O/c1-10(7-29-11(2)5-15(26-29)18(21,22)23)16(30)25-17-24-9-28(27-17)8-12-3-4-13(19)14(20)6-12/h3-6,9-10H,7-8H2,1-2H3,(H,25,27,30). The van der Waals surface area contributed by atoms with Gasteiger partial charge < -0.3 is 0 Å². The fraction of sp³-hybridized carbons (Fsp3) is 0.333. The molecule has 160 valence electrons. The van der Waals surface area contributed by atoms with Crippen LogP contribution in [-0.2, 0) is 24.1 Å². The summed E-state index contributed by atoms with van der Waals surface area (Å²) < 4.78 is 41.0. The third kappa shape index (κ3) is 5.31. The Bertz CT molecular complexity index is 1060. The van der Waals surface area contributed by atoms with Crippen LogP contribution in [0.5, 0.6) is 0 Å². The summed E-state index contributed by atoms with van der Waals surface area (Å²) in [5.41, 5.74) is 0.163. The first kappa shape index (κ1) is 22.1. The summed E-state index contributed by atoms with van der Waals surface area (Å²) in [6.45, 7) is 3.43. The van der Waals surface area contributed by atoms with E-state index in [2.05, 4.69) is 20.5 Å². The number of hydrogen-bond donors (Lipinski definition) is 1. The number of alkyl halides is 3. The second-order valence-corrected chi connectivity index (χ2v) is 7.57. The Kier molecular flexibility index (Phi) is 6.37. The van der Waals surface area contributed by atoms with Crippen molar-refractivity contribution in [3.8, 4) is 0 Å². The second kappa shape index (κ2) is 8.65. The molecule has 30 heavy (non-hydrogen) atoms. The lowest BCUT2D eigenvalue weighted by atomic mass is 10.1. The zero-order valence-electron chi connectivity index (χ0n) is 15.9. The van der Waals surface area contributed by atoms with Crippen molar-refractivity contribution in [2.24, 2.45) is 5.92 Å². The summed E-state index contributed by atoms with van der Waals surface area (Å²) in [7, 11) is 0. The van der Waals surface area contributed by atoms with Crippen LogP contribution in [0.1, 0.15) is 23.9 Å². The van der Waals surface area contributed by atoms with Crippen molar-refractivity contribution in [2.75, 3.05) is 5.32 Å². The van der Waals surface area contributed by atoms with E-state index in [1.165, 1.54) is 17.9 Å². The Labute approximate surface area is 179 Å². The van der Waals surface area contributed by atoms with Crippen LogP contribution in [-0.4, -0.2) is 30.5 Å². The van der Waals surface area contributed by atoms with Crippen molar-refractivity contribution in [2.45, 2.75) is 33.1 Å². The molecule has 7 nitrogen and oxygen atoms in total. The van der Waals surface area contributed by atoms with Gasteiger partial charge in [0, 0.05) is 5.69 Å². The van der Waals surface area contributed by atoms with Crippen molar-refractivity contribution in [1.29, 1.82) is 0 Å². The van der Waals surface area contributed by atoms with Gasteiger partial charge in [-0.3, -0.25) is 14.8 Å². The molecule has 0 saturated heterocycles. The van der Waals surface area contributed by atoms with Gasteiger partial charge >= 0.3 is 6.18 Å².